The minimum absolute atomic E-state index is 0.0571. The van der Waals surface area contributed by atoms with Crippen molar-refractivity contribution in [1.82, 2.24) is 0 Å². The van der Waals surface area contributed by atoms with Crippen molar-refractivity contribution in [3.63, 3.8) is 0 Å². The second-order valence-corrected chi connectivity index (χ2v) is 11.1. The molecule has 0 saturated carbocycles. The first-order valence-electron chi connectivity index (χ1n) is 13.9. The van der Waals surface area contributed by atoms with Crippen molar-refractivity contribution < 1.29 is 33.7 Å². The summed E-state index contributed by atoms with van der Waals surface area (Å²) in [6.07, 6.45) is 4.19. The van der Waals surface area contributed by atoms with Gasteiger partial charge in [-0.25, -0.2) is 0 Å². The molecule has 2 N–H and O–H groups in total. The summed E-state index contributed by atoms with van der Waals surface area (Å²) in [6, 6.07) is 15.4. The molecule has 0 radical (unpaired) electrons. The van der Waals surface area contributed by atoms with Crippen molar-refractivity contribution in [2.75, 3.05) is 36.6 Å². The minimum atomic E-state index is -0.771. The van der Waals surface area contributed by atoms with Crippen molar-refractivity contribution in [1.29, 1.82) is 0 Å². The van der Waals surface area contributed by atoms with Gasteiger partial charge in [-0.2, -0.15) is 5.11 Å². The van der Waals surface area contributed by atoms with E-state index in [1.807, 2.05) is 6.07 Å². The van der Waals surface area contributed by atoms with Gasteiger partial charge in [-0.15, -0.1) is 16.9 Å². The molecule has 0 aromatic heterocycles. The molecule has 2 aromatic rings. The van der Waals surface area contributed by atoms with Crippen LogP contribution in [0.5, 0.6) is 5.75 Å². The summed E-state index contributed by atoms with van der Waals surface area (Å²) in [7, 11) is 0. The summed E-state index contributed by atoms with van der Waals surface area (Å²) in [5.41, 5.74) is 0.0310. The van der Waals surface area contributed by atoms with Crippen LogP contribution in [-0.4, -0.2) is 54.3 Å². The maximum absolute atomic E-state index is 12.6. The largest absolute Gasteiger partial charge is 0.510 e. The monoisotopic (exact) mass is 599 g/mol. The Balaban J connectivity index is 1.71. The lowest BCUT2D eigenvalue weighted by Crippen LogP contribution is -2.30. The third-order valence-corrected chi connectivity index (χ3v) is 7.14. The molecule has 228 valence electrons. The first kappa shape index (κ1) is 34.3. The number of hydrogen-bond acceptors (Lipinski definition) is 10. The van der Waals surface area contributed by atoms with Crippen molar-refractivity contribution >= 4 is 41.0 Å². The predicted molar refractivity (Wildman–Crippen MR) is 164 cm³/mol. The van der Waals surface area contributed by atoms with Crippen LogP contribution in [0.25, 0.3) is 0 Å². The number of unbranched alkanes of at least 4 members (excludes halogenated alkanes) is 3. The second kappa shape index (κ2) is 18.5. The Bertz CT molecular complexity index is 1190. The molecule has 0 saturated heterocycles. The van der Waals surface area contributed by atoms with Crippen LogP contribution in [0.2, 0.25) is 0 Å². The zero-order chi connectivity index (χ0) is 30.8. The van der Waals surface area contributed by atoms with Crippen LogP contribution in [0.4, 0.5) is 11.4 Å². The number of anilines is 1. The molecular weight excluding hydrogens is 558 g/mol. The smallest absolute Gasteiger partial charge is 0.315 e. The zero-order valence-electron chi connectivity index (χ0n) is 24.8. The maximum Gasteiger partial charge on any atom is 0.315 e. The Morgan fingerprint density at radius 2 is 1.64 bits per heavy atom. The number of aliphatic hydroxyl groups is 1. The number of benzene rings is 2. The highest BCUT2D eigenvalue weighted by atomic mass is 32.2. The van der Waals surface area contributed by atoms with Crippen molar-refractivity contribution in [2.24, 2.45) is 15.6 Å². The van der Waals surface area contributed by atoms with E-state index in [-0.39, 0.29) is 42.4 Å². The number of nitrogens with zero attached hydrogens (tertiary/aromatic N) is 2. The van der Waals surface area contributed by atoms with E-state index in [1.165, 1.54) is 18.7 Å². The fraction of sp³-hybridized carbons (Fsp3) is 0.452. The molecule has 0 heterocycles. The zero-order valence-corrected chi connectivity index (χ0v) is 25.6. The molecule has 2 rings (SSSR count). The Hall–Kier alpha value is -3.86. The van der Waals surface area contributed by atoms with Crippen LogP contribution in [0.3, 0.4) is 0 Å². The first-order chi connectivity index (χ1) is 20.1. The Labute approximate surface area is 251 Å². The third-order valence-electron chi connectivity index (χ3n) is 5.77. The number of allylic oxidation sites excluding steroid dienone is 1. The second-order valence-electron chi connectivity index (χ2n) is 10.1. The number of carbonyl (C=O) groups excluding carboxylic acids is 3. The lowest BCUT2D eigenvalue weighted by atomic mass is 9.97. The van der Waals surface area contributed by atoms with Crippen LogP contribution < -0.4 is 10.1 Å². The Morgan fingerprint density at radius 1 is 0.929 bits per heavy atom. The van der Waals surface area contributed by atoms with Gasteiger partial charge in [0.25, 0.3) is 5.91 Å². The fourth-order valence-corrected chi connectivity index (χ4v) is 4.38. The van der Waals surface area contributed by atoms with E-state index in [9.17, 15) is 19.5 Å². The normalized spacial score (nSPS) is 12.0. The topological polar surface area (TPSA) is 136 Å². The van der Waals surface area contributed by atoms with E-state index >= 15 is 0 Å². The molecular formula is C31H41N3O7S. The molecule has 0 unspecified atom stereocenters. The summed E-state index contributed by atoms with van der Waals surface area (Å²) < 4.78 is 16.2. The number of azo groups is 1. The summed E-state index contributed by atoms with van der Waals surface area (Å²) >= 11 is 1.35. The van der Waals surface area contributed by atoms with Gasteiger partial charge in [0.2, 0.25) is 0 Å². The van der Waals surface area contributed by atoms with Gasteiger partial charge >= 0.3 is 11.9 Å². The van der Waals surface area contributed by atoms with Crippen molar-refractivity contribution in [3.05, 3.63) is 66.1 Å². The Morgan fingerprint density at radius 3 is 2.31 bits per heavy atom. The molecule has 0 bridgehead atoms. The number of aliphatic hydroxyl groups excluding tert-OH is 1. The highest BCUT2D eigenvalue weighted by molar-refractivity contribution is 7.99. The van der Waals surface area contributed by atoms with Gasteiger partial charge in [0.05, 0.1) is 23.5 Å². The number of amides is 1. The highest BCUT2D eigenvalue weighted by Gasteiger charge is 2.29. The molecule has 0 spiro atoms. The van der Waals surface area contributed by atoms with E-state index in [4.69, 9.17) is 14.2 Å². The summed E-state index contributed by atoms with van der Waals surface area (Å²) in [6.45, 7) is 7.66. The predicted octanol–water partition coefficient (Wildman–Crippen LogP) is 7.00. The van der Waals surface area contributed by atoms with E-state index < -0.39 is 11.3 Å². The van der Waals surface area contributed by atoms with Gasteiger partial charge in [0, 0.05) is 11.4 Å². The summed E-state index contributed by atoms with van der Waals surface area (Å²) in [5.74, 6) is -0.394. The molecule has 0 aliphatic heterocycles. The number of esters is 2. The van der Waals surface area contributed by atoms with Gasteiger partial charge in [0.15, 0.2) is 5.70 Å². The van der Waals surface area contributed by atoms with Crippen LogP contribution in [0.15, 0.2) is 76.3 Å². The first-order valence-corrected chi connectivity index (χ1v) is 15.1. The number of nitrogens with one attached hydrogen (secondary N) is 1. The molecule has 0 atom stereocenters. The minimum Gasteiger partial charge on any atom is -0.510 e. The van der Waals surface area contributed by atoms with Gasteiger partial charge in [-0.3, -0.25) is 14.4 Å². The standard InChI is InChI=1S/C31H41N3O7S/c1-5-6-7-11-18-40-27(36)21-42-22-31(3,4)30(38)41-20-19-39-26-16-14-24(15-17-26)32-29(37)28(23(2)35)34-33-25-12-9-8-10-13-25/h8-10,12-17,35H,5-7,11,18-22H2,1-4H3,(H,32,37). The highest BCUT2D eigenvalue weighted by Crippen LogP contribution is 2.24. The van der Waals surface area contributed by atoms with Gasteiger partial charge in [0.1, 0.15) is 24.7 Å². The van der Waals surface area contributed by atoms with E-state index in [0.717, 1.165) is 25.7 Å². The lowest BCUT2D eigenvalue weighted by molar-refractivity contribution is -0.153. The molecule has 2 aromatic carbocycles. The molecule has 0 fully saturated rings. The molecule has 0 aliphatic rings. The van der Waals surface area contributed by atoms with E-state index in [1.54, 1.807) is 62.4 Å². The van der Waals surface area contributed by atoms with Gasteiger partial charge in [-0.05, 0) is 63.6 Å². The molecule has 11 heteroatoms. The quantitative estimate of drug-likeness (QED) is 0.0614. The van der Waals surface area contributed by atoms with Crippen molar-refractivity contribution in [3.8, 4) is 5.75 Å². The number of hydrogen-bond donors (Lipinski definition) is 2. The summed E-state index contributed by atoms with van der Waals surface area (Å²) in [4.78, 5) is 37.0. The number of thioether (sulfide) groups is 1. The van der Waals surface area contributed by atoms with E-state index in [2.05, 4.69) is 22.5 Å². The number of ether oxygens (including phenoxy) is 3. The van der Waals surface area contributed by atoms with Crippen LogP contribution in [0.1, 0.15) is 53.4 Å². The van der Waals surface area contributed by atoms with Crippen molar-refractivity contribution in [2.45, 2.75) is 53.4 Å². The Kier molecular flexibility index (Phi) is 15.2. The lowest BCUT2D eigenvalue weighted by Gasteiger charge is -2.22. The number of carbonyl (C=O) groups is 3. The van der Waals surface area contributed by atoms with Gasteiger partial charge < -0.3 is 24.6 Å². The van der Waals surface area contributed by atoms with Gasteiger partial charge in [-0.1, -0.05) is 44.4 Å². The maximum atomic E-state index is 12.6. The number of rotatable bonds is 18. The molecule has 10 nitrogen and oxygen atoms in total. The van der Waals surface area contributed by atoms with Crippen LogP contribution in [0, 0.1) is 5.41 Å². The van der Waals surface area contributed by atoms with Crippen LogP contribution >= 0.6 is 11.8 Å². The fourth-order valence-electron chi connectivity index (χ4n) is 3.40. The summed E-state index contributed by atoms with van der Waals surface area (Å²) in [5, 5.41) is 20.4. The molecule has 42 heavy (non-hydrogen) atoms. The van der Waals surface area contributed by atoms with E-state index in [0.29, 0.717) is 29.5 Å². The average Bonchev–Trinajstić information content (AvgIpc) is 2.96. The SMILES string of the molecule is CCCCCCOC(=O)CSCC(C)(C)C(=O)OCCOc1ccc(NC(=O)C(N=Nc2ccccc2)=C(C)O)cc1. The third kappa shape index (κ3) is 13.2. The van der Waals surface area contributed by atoms with Crippen LogP contribution in [-0.2, 0) is 23.9 Å². The molecule has 1 amide bonds. The average molecular weight is 600 g/mol. The molecule has 0 aliphatic carbocycles.